The first-order valence-corrected chi connectivity index (χ1v) is 6.90. The Hall–Kier alpha value is -2.20. The van der Waals surface area contributed by atoms with Crippen LogP contribution in [0.25, 0.3) is 5.57 Å². The highest BCUT2D eigenvalue weighted by Gasteiger charge is 2.40. The fourth-order valence-corrected chi connectivity index (χ4v) is 2.52. The maximum atomic E-state index is 12.5. The van der Waals surface area contributed by atoms with Crippen molar-refractivity contribution in [3.8, 4) is 0 Å². The first-order valence-electron chi connectivity index (χ1n) is 6.90. The molecule has 0 aromatic heterocycles. The number of allylic oxidation sites excluding steroid dienone is 2. The summed E-state index contributed by atoms with van der Waals surface area (Å²) >= 11 is 0. The lowest BCUT2D eigenvalue weighted by molar-refractivity contribution is -0.137. The Labute approximate surface area is 124 Å². The summed E-state index contributed by atoms with van der Waals surface area (Å²) in [4.78, 5) is 26.0. The number of aliphatic hydroxyl groups is 1. The van der Waals surface area contributed by atoms with Crippen LogP contribution in [-0.4, -0.2) is 35.0 Å². The van der Waals surface area contributed by atoms with E-state index in [1.54, 1.807) is 0 Å². The number of hydrogen-bond acceptors (Lipinski definition) is 3. The van der Waals surface area contributed by atoms with Crippen molar-refractivity contribution in [3.63, 3.8) is 0 Å². The predicted molar refractivity (Wildman–Crippen MR) is 81.2 cm³/mol. The van der Waals surface area contributed by atoms with Gasteiger partial charge in [0.05, 0.1) is 24.3 Å². The molecular weight excluding hydrogens is 266 g/mol. The van der Waals surface area contributed by atoms with E-state index in [0.29, 0.717) is 11.1 Å². The Morgan fingerprint density at radius 2 is 1.57 bits per heavy atom. The Morgan fingerprint density at radius 3 is 2.10 bits per heavy atom. The van der Waals surface area contributed by atoms with Crippen molar-refractivity contribution in [1.29, 1.82) is 0 Å². The molecule has 1 aliphatic heterocycles. The average molecular weight is 285 g/mol. The van der Waals surface area contributed by atoms with Crippen molar-refractivity contribution in [2.45, 2.75) is 20.8 Å². The topological polar surface area (TPSA) is 57.6 Å². The van der Waals surface area contributed by atoms with Crippen molar-refractivity contribution >= 4 is 17.4 Å². The smallest absolute Gasteiger partial charge is 0.261 e. The van der Waals surface area contributed by atoms with Gasteiger partial charge in [-0.15, -0.1) is 0 Å². The number of likely N-dealkylation sites (tertiary alicyclic amines) is 1. The third-order valence-corrected chi connectivity index (χ3v) is 3.57. The highest BCUT2D eigenvalue weighted by molar-refractivity contribution is 6.27. The van der Waals surface area contributed by atoms with E-state index in [4.69, 9.17) is 5.11 Å². The first-order chi connectivity index (χ1) is 9.99. The monoisotopic (exact) mass is 285 g/mol. The van der Waals surface area contributed by atoms with E-state index >= 15 is 0 Å². The van der Waals surface area contributed by atoms with Gasteiger partial charge in [-0.3, -0.25) is 14.5 Å². The zero-order valence-corrected chi connectivity index (χ0v) is 12.5. The molecule has 4 nitrogen and oxygen atoms in total. The highest BCUT2D eigenvalue weighted by Crippen LogP contribution is 2.33. The van der Waals surface area contributed by atoms with Gasteiger partial charge in [0.15, 0.2) is 0 Å². The van der Waals surface area contributed by atoms with Crippen molar-refractivity contribution in [2.24, 2.45) is 0 Å². The maximum Gasteiger partial charge on any atom is 0.261 e. The van der Waals surface area contributed by atoms with E-state index in [-0.39, 0.29) is 25.0 Å². The number of benzene rings is 1. The van der Waals surface area contributed by atoms with Gasteiger partial charge in [0.25, 0.3) is 11.8 Å². The van der Waals surface area contributed by atoms with Crippen LogP contribution in [0.5, 0.6) is 0 Å². The SMILES string of the molecule is CC(C)=C1C(=O)N(CCO)C(=O)/C1=C(\C)c1ccccc1. The molecule has 0 atom stereocenters. The van der Waals surface area contributed by atoms with E-state index in [2.05, 4.69) is 0 Å². The number of rotatable bonds is 3. The molecule has 0 saturated carbocycles. The molecule has 21 heavy (non-hydrogen) atoms. The van der Waals surface area contributed by atoms with Crippen LogP contribution >= 0.6 is 0 Å². The van der Waals surface area contributed by atoms with Crippen molar-refractivity contribution < 1.29 is 14.7 Å². The molecule has 0 spiro atoms. The normalized spacial score (nSPS) is 17.5. The molecule has 1 aliphatic rings. The number of nitrogens with zero attached hydrogens (tertiary/aromatic N) is 1. The van der Waals surface area contributed by atoms with Gasteiger partial charge in [0, 0.05) is 0 Å². The third-order valence-electron chi connectivity index (χ3n) is 3.57. The second kappa shape index (κ2) is 6.06. The van der Waals surface area contributed by atoms with E-state index < -0.39 is 0 Å². The molecular formula is C17H19NO3. The number of carbonyl (C=O) groups excluding carboxylic acids is 2. The summed E-state index contributed by atoms with van der Waals surface area (Å²) in [5.74, 6) is -0.647. The fraction of sp³-hybridized carbons (Fsp3) is 0.294. The Kier molecular flexibility index (Phi) is 4.38. The van der Waals surface area contributed by atoms with Gasteiger partial charge in [-0.2, -0.15) is 0 Å². The second-order valence-electron chi connectivity index (χ2n) is 5.23. The van der Waals surface area contributed by atoms with Gasteiger partial charge in [0.1, 0.15) is 0 Å². The minimum Gasteiger partial charge on any atom is -0.395 e. The molecule has 0 bridgehead atoms. The minimum absolute atomic E-state index is 0.0278. The fourth-order valence-electron chi connectivity index (χ4n) is 2.52. The van der Waals surface area contributed by atoms with Gasteiger partial charge in [-0.05, 0) is 31.9 Å². The van der Waals surface area contributed by atoms with Gasteiger partial charge in [-0.1, -0.05) is 35.9 Å². The summed E-state index contributed by atoms with van der Waals surface area (Å²) in [5, 5.41) is 9.05. The van der Waals surface area contributed by atoms with Crippen LogP contribution in [0.2, 0.25) is 0 Å². The van der Waals surface area contributed by atoms with Crippen LogP contribution in [0.3, 0.4) is 0 Å². The molecule has 1 heterocycles. The lowest BCUT2D eigenvalue weighted by Gasteiger charge is -2.10. The van der Waals surface area contributed by atoms with Gasteiger partial charge in [0.2, 0.25) is 0 Å². The molecule has 1 saturated heterocycles. The van der Waals surface area contributed by atoms with Crippen LogP contribution in [0.4, 0.5) is 0 Å². The largest absolute Gasteiger partial charge is 0.395 e. The van der Waals surface area contributed by atoms with Crippen molar-refractivity contribution in [3.05, 3.63) is 52.6 Å². The van der Waals surface area contributed by atoms with E-state index in [9.17, 15) is 9.59 Å². The first kappa shape index (κ1) is 15.2. The van der Waals surface area contributed by atoms with Crippen LogP contribution in [0.15, 0.2) is 47.1 Å². The third kappa shape index (κ3) is 2.67. The van der Waals surface area contributed by atoms with Crippen molar-refractivity contribution in [2.75, 3.05) is 13.2 Å². The summed E-state index contributed by atoms with van der Waals surface area (Å²) in [6, 6.07) is 9.53. The van der Waals surface area contributed by atoms with Crippen LogP contribution in [0.1, 0.15) is 26.3 Å². The molecule has 1 fully saturated rings. The predicted octanol–water partition coefficient (Wildman–Crippen LogP) is 2.16. The molecule has 1 N–H and O–H groups in total. The van der Waals surface area contributed by atoms with E-state index in [0.717, 1.165) is 21.6 Å². The molecule has 110 valence electrons. The summed E-state index contributed by atoms with van der Waals surface area (Å²) < 4.78 is 0. The van der Waals surface area contributed by atoms with E-state index in [1.807, 2.05) is 51.1 Å². The summed E-state index contributed by atoms with van der Waals surface area (Å²) in [6.45, 7) is 5.29. The molecule has 2 amide bonds. The number of β-amino-alcohol motifs (C(OH)–C–C–N with tert-alkyl or cyclic N) is 1. The number of carbonyl (C=O) groups is 2. The highest BCUT2D eigenvalue weighted by atomic mass is 16.3. The molecule has 1 aromatic carbocycles. The van der Waals surface area contributed by atoms with E-state index in [1.165, 1.54) is 0 Å². The van der Waals surface area contributed by atoms with Crippen LogP contribution in [-0.2, 0) is 9.59 Å². The Morgan fingerprint density at radius 1 is 1.00 bits per heavy atom. The number of amides is 2. The second-order valence-corrected chi connectivity index (χ2v) is 5.23. The van der Waals surface area contributed by atoms with Crippen LogP contribution < -0.4 is 0 Å². The molecule has 2 rings (SSSR count). The minimum atomic E-state index is -0.327. The van der Waals surface area contributed by atoms with Gasteiger partial charge in [-0.25, -0.2) is 0 Å². The average Bonchev–Trinajstić information content (AvgIpc) is 2.72. The van der Waals surface area contributed by atoms with Crippen LogP contribution in [0, 0.1) is 0 Å². The van der Waals surface area contributed by atoms with Gasteiger partial charge >= 0.3 is 0 Å². The molecule has 0 radical (unpaired) electrons. The zero-order valence-electron chi connectivity index (χ0n) is 12.5. The molecule has 0 aliphatic carbocycles. The lowest BCUT2D eigenvalue weighted by Crippen LogP contribution is -2.32. The Balaban J connectivity index is 2.63. The summed E-state index contributed by atoms with van der Waals surface area (Å²) in [5.41, 5.74) is 3.40. The number of imide groups is 1. The summed E-state index contributed by atoms with van der Waals surface area (Å²) in [7, 11) is 0. The standard InChI is InChI=1S/C17H19NO3/c1-11(2)14-15(12(3)13-7-5-4-6-8-13)17(21)18(9-10-19)16(14)20/h4-8,19H,9-10H2,1-3H3/b15-12+. The van der Waals surface area contributed by atoms with Gasteiger partial charge < -0.3 is 5.11 Å². The molecule has 1 aromatic rings. The molecule has 4 heteroatoms. The summed E-state index contributed by atoms with van der Waals surface area (Å²) in [6.07, 6.45) is 0. The Bertz CT molecular complexity index is 637. The number of hydrogen-bond donors (Lipinski definition) is 1. The number of aliphatic hydroxyl groups excluding tert-OH is 1. The zero-order chi connectivity index (χ0) is 15.6. The maximum absolute atomic E-state index is 12.5. The quantitative estimate of drug-likeness (QED) is 0.684. The lowest BCUT2D eigenvalue weighted by atomic mass is 9.95. The van der Waals surface area contributed by atoms with Crippen molar-refractivity contribution in [1.82, 2.24) is 4.90 Å². The molecule has 0 unspecified atom stereocenters.